The summed E-state index contributed by atoms with van der Waals surface area (Å²) in [6, 6.07) is 0. The third-order valence-electron chi connectivity index (χ3n) is 2.90. The maximum Gasteiger partial charge on any atom is 0.307 e. The quantitative estimate of drug-likeness (QED) is 0.694. The molecule has 0 aromatic carbocycles. The van der Waals surface area contributed by atoms with Gasteiger partial charge in [0.25, 0.3) is 0 Å². The van der Waals surface area contributed by atoms with Crippen LogP contribution in [0.2, 0.25) is 0 Å². The lowest BCUT2D eigenvalue weighted by molar-refractivity contribution is -0.139. The smallest absolute Gasteiger partial charge is 0.307 e. The van der Waals surface area contributed by atoms with E-state index in [0.717, 1.165) is 6.42 Å². The normalized spacial score (nSPS) is 34.3. The molecule has 0 amide bonds. The maximum atomic E-state index is 10.7. The van der Waals surface area contributed by atoms with E-state index in [1.165, 1.54) is 0 Å². The third kappa shape index (κ3) is 1.58. The Labute approximate surface area is 77.9 Å². The Bertz CT molecular complexity index is 199. The lowest BCUT2D eigenvalue weighted by atomic mass is 10.1. The van der Waals surface area contributed by atoms with Gasteiger partial charge >= 0.3 is 5.97 Å². The summed E-state index contributed by atoms with van der Waals surface area (Å²) in [7, 11) is 0. The summed E-state index contributed by atoms with van der Waals surface area (Å²) < 4.78 is 0. The van der Waals surface area contributed by atoms with Crippen LogP contribution in [-0.4, -0.2) is 16.5 Å². The van der Waals surface area contributed by atoms with Crippen molar-refractivity contribution in [3.05, 3.63) is 0 Å². The molecule has 1 N–H and O–H groups in total. The lowest BCUT2D eigenvalue weighted by Gasteiger charge is -2.02. The fraction of sp³-hybridized carbons (Fsp3) is 0.889. The number of hydrogen-bond acceptors (Lipinski definition) is 1. The van der Waals surface area contributed by atoms with Gasteiger partial charge in [-0.05, 0) is 24.7 Å². The Hall–Kier alpha value is -0.240. The highest BCUT2D eigenvalue weighted by Crippen LogP contribution is 2.60. The van der Waals surface area contributed by atoms with Gasteiger partial charge in [-0.15, -0.1) is 11.6 Å². The number of carboxylic acids is 1. The molecule has 0 saturated heterocycles. The summed E-state index contributed by atoms with van der Waals surface area (Å²) in [5, 5.41) is 8.91. The van der Waals surface area contributed by atoms with Gasteiger partial charge in [0, 0.05) is 5.38 Å². The van der Waals surface area contributed by atoms with Gasteiger partial charge in [0.2, 0.25) is 0 Å². The Morgan fingerprint density at radius 2 is 2.17 bits per heavy atom. The minimum absolute atomic E-state index is 0.0466. The summed E-state index contributed by atoms with van der Waals surface area (Å²) in [5.41, 5.74) is -0.0466. The van der Waals surface area contributed by atoms with Crippen molar-refractivity contribution in [1.82, 2.24) is 0 Å². The molecule has 2 nitrogen and oxygen atoms in total. The average Bonchev–Trinajstić information content (AvgIpc) is 2.32. The van der Waals surface area contributed by atoms with Crippen LogP contribution in [0.3, 0.4) is 0 Å². The summed E-state index contributed by atoms with van der Waals surface area (Å²) in [4.78, 5) is 10.7. The minimum Gasteiger partial charge on any atom is -0.481 e. The first-order valence-corrected chi connectivity index (χ1v) is 4.68. The van der Waals surface area contributed by atoms with Crippen LogP contribution < -0.4 is 0 Å². The summed E-state index contributed by atoms with van der Waals surface area (Å²) in [6.45, 7) is 5.90. The minimum atomic E-state index is -0.678. The molecule has 2 unspecified atom stereocenters. The van der Waals surface area contributed by atoms with Crippen molar-refractivity contribution in [3.63, 3.8) is 0 Å². The van der Waals surface area contributed by atoms with Crippen LogP contribution in [0.5, 0.6) is 0 Å². The van der Waals surface area contributed by atoms with E-state index in [4.69, 9.17) is 16.7 Å². The number of alkyl halides is 1. The molecule has 0 radical (unpaired) electrons. The number of carboxylic acid groups (broad SMARTS) is 1. The van der Waals surface area contributed by atoms with Gasteiger partial charge in [-0.3, -0.25) is 4.79 Å². The molecule has 3 heteroatoms. The molecule has 0 heterocycles. The fourth-order valence-electron chi connectivity index (χ4n) is 2.02. The van der Waals surface area contributed by atoms with Crippen molar-refractivity contribution < 1.29 is 9.90 Å². The lowest BCUT2D eigenvalue weighted by Crippen LogP contribution is -2.03. The molecule has 1 fully saturated rings. The van der Waals surface area contributed by atoms with Gasteiger partial charge in [-0.1, -0.05) is 13.8 Å². The zero-order valence-corrected chi connectivity index (χ0v) is 8.43. The standard InChI is InChI=1S/C9H15ClO2/c1-5(10)4-6-7(8(11)12)9(6,2)3/h5-7H,4H2,1-3H3,(H,11,12)/t5?,6?,7-/m1/s1. The summed E-state index contributed by atoms with van der Waals surface area (Å²) >= 11 is 5.82. The van der Waals surface area contributed by atoms with Gasteiger partial charge < -0.3 is 5.11 Å². The SMILES string of the molecule is CC(Cl)CC1[C@H](C(=O)O)C1(C)C. The van der Waals surface area contributed by atoms with Crippen LogP contribution in [0.25, 0.3) is 0 Å². The number of rotatable bonds is 3. The van der Waals surface area contributed by atoms with Gasteiger partial charge in [-0.25, -0.2) is 0 Å². The van der Waals surface area contributed by atoms with E-state index in [-0.39, 0.29) is 22.6 Å². The van der Waals surface area contributed by atoms with E-state index < -0.39 is 5.97 Å². The monoisotopic (exact) mass is 190 g/mol. The van der Waals surface area contributed by atoms with Crippen LogP contribution in [0, 0.1) is 17.3 Å². The Balaban J connectivity index is 2.54. The largest absolute Gasteiger partial charge is 0.481 e. The van der Waals surface area contributed by atoms with E-state index in [2.05, 4.69) is 0 Å². The Morgan fingerprint density at radius 1 is 1.67 bits per heavy atom. The van der Waals surface area contributed by atoms with E-state index in [1.807, 2.05) is 20.8 Å². The number of halogens is 1. The average molecular weight is 191 g/mol. The van der Waals surface area contributed by atoms with Gasteiger partial charge in [0.1, 0.15) is 0 Å². The second-order valence-electron chi connectivity index (χ2n) is 4.26. The first kappa shape index (κ1) is 9.85. The van der Waals surface area contributed by atoms with Crippen molar-refractivity contribution in [3.8, 4) is 0 Å². The van der Waals surface area contributed by atoms with Gasteiger partial charge in [-0.2, -0.15) is 0 Å². The predicted molar refractivity (Wildman–Crippen MR) is 48.3 cm³/mol. The van der Waals surface area contributed by atoms with Crippen LogP contribution in [0.1, 0.15) is 27.2 Å². The van der Waals surface area contributed by atoms with E-state index in [0.29, 0.717) is 0 Å². The van der Waals surface area contributed by atoms with Crippen molar-refractivity contribution >= 4 is 17.6 Å². The van der Waals surface area contributed by atoms with Crippen molar-refractivity contribution in [1.29, 1.82) is 0 Å². The molecule has 1 rings (SSSR count). The third-order valence-corrected chi connectivity index (χ3v) is 3.07. The second kappa shape index (κ2) is 2.91. The van der Waals surface area contributed by atoms with Crippen LogP contribution >= 0.6 is 11.6 Å². The number of carbonyl (C=O) groups is 1. The molecular weight excluding hydrogens is 176 g/mol. The van der Waals surface area contributed by atoms with Crippen LogP contribution in [-0.2, 0) is 4.79 Å². The van der Waals surface area contributed by atoms with Crippen molar-refractivity contribution in [2.24, 2.45) is 17.3 Å². The number of hydrogen-bond donors (Lipinski definition) is 1. The molecule has 0 bridgehead atoms. The molecule has 1 saturated carbocycles. The molecule has 12 heavy (non-hydrogen) atoms. The second-order valence-corrected chi connectivity index (χ2v) is 5.01. The van der Waals surface area contributed by atoms with Gasteiger partial charge in [0.15, 0.2) is 0 Å². The summed E-state index contributed by atoms with van der Waals surface area (Å²) in [5.74, 6) is -0.594. The van der Waals surface area contributed by atoms with Crippen molar-refractivity contribution in [2.45, 2.75) is 32.6 Å². The fourth-order valence-corrected chi connectivity index (χ4v) is 2.22. The molecule has 0 spiro atoms. The first-order chi connectivity index (χ1) is 5.37. The Kier molecular flexibility index (Phi) is 2.39. The molecule has 0 aliphatic heterocycles. The van der Waals surface area contributed by atoms with E-state index in [9.17, 15) is 4.79 Å². The Morgan fingerprint density at radius 3 is 2.42 bits per heavy atom. The highest BCUT2D eigenvalue weighted by molar-refractivity contribution is 6.20. The first-order valence-electron chi connectivity index (χ1n) is 4.24. The highest BCUT2D eigenvalue weighted by Gasteiger charge is 2.61. The highest BCUT2D eigenvalue weighted by atomic mass is 35.5. The molecular formula is C9H15ClO2. The molecule has 3 atom stereocenters. The van der Waals surface area contributed by atoms with Gasteiger partial charge in [0.05, 0.1) is 5.92 Å². The van der Waals surface area contributed by atoms with Crippen molar-refractivity contribution in [2.75, 3.05) is 0 Å². The van der Waals surface area contributed by atoms with Crippen LogP contribution in [0.4, 0.5) is 0 Å². The zero-order chi connectivity index (χ0) is 9.52. The molecule has 1 aliphatic rings. The summed E-state index contributed by atoms with van der Waals surface area (Å²) in [6.07, 6.45) is 0.811. The maximum absolute atomic E-state index is 10.7. The van der Waals surface area contributed by atoms with E-state index >= 15 is 0 Å². The molecule has 0 aromatic heterocycles. The van der Waals surface area contributed by atoms with Crippen LogP contribution in [0.15, 0.2) is 0 Å². The zero-order valence-electron chi connectivity index (χ0n) is 7.67. The molecule has 70 valence electrons. The number of aliphatic carboxylic acids is 1. The topological polar surface area (TPSA) is 37.3 Å². The molecule has 0 aromatic rings. The molecule has 1 aliphatic carbocycles. The van der Waals surface area contributed by atoms with E-state index in [1.54, 1.807) is 0 Å². The predicted octanol–water partition coefficient (Wildman–Crippen LogP) is 2.36.